The summed E-state index contributed by atoms with van der Waals surface area (Å²) in [7, 11) is 0. The Bertz CT molecular complexity index is 414. The van der Waals surface area contributed by atoms with Crippen LogP contribution in [0.15, 0.2) is 17.2 Å². The molecule has 0 radical (unpaired) electrons. The van der Waals surface area contributed by atoms with Gasteiger partial charge in [0, 0.05) is 10.9 Å². The summed E-state index contributed by atoms with van der Waals surface area (Å²) in [4.78, 5) is 15.4. The van der Waals surface area contributed by atoms with Gasteiger partial charge in [-0.1, -0.05) is 19.3 Å². The van der Waals surface area contributed by atoms with E-state index in [1.807, 2.05) is 6.92 Å². The maximum absolute atomic E-state index is 11.0. The molecule has 0 aromatic carbocycles. The molecule has 0 amide bonds. The number of aromatic carboxylic acids is 1. The third-order valence-corrected chi connectivity index (χ3v) is 4.27. The fourth-order valence-electron chi connectivity index (χ4n) is 2.18. The normalized spacial score (nSPS) is 17.0. The van der Waals surface area contributed by atoms with E-state index in [2.05, 4.69) is 4.98 Å². The minimum Gasteiger partial charge on any atom is -0.478 e. The van der Waals surface area contributed by atoms with E-state index in [9.17, 15) is 4.79 Å². The Morgan fingerprint density at radius 3 is 2.71 bits per heavy atom. The monoisotopic (exact) mass is 251 g/mol. The third kappa shape index (κ3) is 3.46. The average Bonchev–Trinajstić information content (AvgIpc) is 2.29. The van der Waals surface area contributed by atoms with Crippen LogP contribution in [0.4, 0.5) is 0 Å². The lowest BCUT2D eigenvalue weighted by atomic mass is 10.0. The molecule has 1 fully saturated rings. The Morgan fingerprint density at radius 1 is 1.35 bits per heavy atom. The van der Waals surface area contributed by atoms with Gasteiger partial charge < -0.3 is 5.11 Å². The van der Waals surface area contributed by atoms with Gasteiger partial charge in [0.15, 0.2) is 0 Å². The van der Waals surface area contributed by atoms with Gasteiger partial charge in [0.2, 0.25) is 0 Å². The molecule has 2 rings (SSSR count). The van der Waals surface area contributed by atoms with Gasteiger partial charge in [-0.25, -0.2) is 9.78 Å². The molecule has 1 aromatic heterocycles. The smallest absolute Gasteiger partial charge is 0.335 e. The van der Waals surface area contributed by atoms with E-state index < -0.39 is 5.97 Å². The van der Waals surface area contributed by atoms with Crippen molar-refractivity contribution >= 4 is 17.7 Å². The molecule has 1 aliphatic carbocycles. The summed E-state index contributed by atoms with van der Waals surface area (Å²) < 4.78 is 0. The summed E-state index contributed by atoms with van der Waals surface area (Å²) in [6.45, 7) is 1.84. The van der Waals surface area contributed by atoms with Gasteiger partial charge >= 0.3 is 5.97 Å². The Labute approximate surface area is 106 Å². The number of nitrogens with zero attached hydrogens (tertiary/aromatic N) is 1. The van der Waals surface area contributed by atoms with Crippen molar-refractivity contribution in [3.05, 3.63) is 23.4 Å². The van der Waals surface area contributed by atoms with Crippen LogP contribution >= 0.6 is 11.8 Å². The second kappa shape index (κ2) is 5.54. The zero-order chi connectivity index (χ0) is 12.3. The van der Waals surface area contributed by atoms with Crippen LogP contribution in [-0.4, -0.2) is 21.3 Å². The van der Waals surface area contributed by atoms with Crippen LogP contribution in [0.25, 0.3) is 0 Å². The van der Waals surface area contributed by atoms with Crippen molar-refractivity contribution in [3.8, 4) is 0 Å². The molecule has 0 aliphatic heterocycles. The van der Waals surface area contributed by atoms with E-state index in [-0.39, 0.29) is 0 Å². The summed E-state index contributed by atoms with van der Waals surface area (Å²) in [6, 6.07) is 3.31. The molecule has 4 heteroatoms. The molecule has 1 aliphatic rings. The number of aromatic nitrogens is 1. The Hall–Kier alpha value is -1.03. The van der Waals surface area contributed by atoms with Crippen molar-refractivity contribution < 1.29 is 9.90 Å². The van der Waals surface area contributed by atoms with Crippen LogP contribution in [0, 0.1) is 6.92 Å². The van der Waals surface area contributed by atoms with E-state index in [1.165, 1.54) is 32.1 Å². The topological polar surface area (TPSA) is 50.2 Å². The highest BCUT2D eigenvalue weighted by atomic mass is 32.2. The average molecular weight is 251 g/mol. The minimum absolute atomic E-state index is 0.343. The number of rotatable bonds is 3. The van der Waals surface area contributed by atoms with Crippen LogP contribution in [0.1, 0.15) is 48.2 Å². The molecule has 3 nitrogen and oxygen atoms in total. The number of pyridine rings is 1. The first-order valence-corrected chi connectivity index (χ1v) is 6.92. The van der Waals surface area contributed by atoms with Gasteiger partial charge in [0.1, 0.15) is 0 Å². The fourth-order valence-corrected chi connectivity index (χ4v) is 3.48. The van der Waals surface area contributed by atoms with E-state index in [4.69, 9.17) is 5.11 Å². The number of hydrogen-bond donors (Lipinski definition) is 1. The van der Waals surface area contributed by atoms with Crippen molar-refractivity contribution in [1.29, 1.82) is 0 Å². The second-order valence-electron chi connectivity index (χ2n) is 4.52. The van der Waals surface area contributed by atoms with Gasteiger partial charge in [-0.05, 0) is 31.9 Å². The zero-order valence-electron chi connectivity index (χ0n) is 9.98. The molecule has 92 valence electrons. The van der Waals surface area contributed by atoms with Crippen LogP contribution in [0.3, 0.4) is 0 Å². The van der Waals surface area contributed by atoms with Crippen molar-refractivity contribution in [2.45, 2.75) is 49.3 Å². The molecule has 1 N–H and O–H groups in total. The third-order valence-electron chi connectivity index (χ3n) is 3.02. The quantitative estimate of drug-likeness (QED) is 0.893. The molecule has 1 heterocycles. The molecule has 17 heavy (non-hydrogen) atoms. The Morgan fingerprint density at radius 2 is 2.06 bits per heavy atom. The first-order valence-electron chi connectivity index (χ1n) is 6.04. The number of thioether (sulfide) groups is 1. The summed E-state index contributed by atoms with van der Waals surface area (Å²) in [5, 5.41) is 10.5. The number of aryl methyl sites for hydroxylation is 1. The number of carbonyl (C=O) groups is 1. The summed E-state index contributed by atoms with van der Waals surface area (Å²) in [6.07, 6.45) is 6.36. The summed E-state index contributed by atoms with van der Waals surface area (Å²) in [5.74, 6) is -0.874. The highest BCUT2D eigenvalue weighted by Crippen LogP contribution is 2.33. The SMILES string of the molecule is Cc1cc(C(=O)O)cc(SC2CCCCC2)n1. The number of carboxylic acid groups (broad SMARTS) is 1. The van der Waals surface area contributed by atoms with Crippen molar-refractivity contribution in [2.75, 3.05) is 0 Å². The molecule has 0 saturated heterocycles. The van der Waals surface area contributed by atoms with Crippen molar-refractivity contribution in [1.82, 2.24) is 4.98 Å². The summed E-state index contributed by atoms with van der Waals surface area (Å²) >= 11 is 1.74. The molecular weight excluding hydrogens is 234 g/mol. The second-order valence-corrected chi connectivity index (χ2v) is 5.84. The highest BCUT2D eigenvalue weighted by Gasteiger charge is 2.16. The highest BCUT2D eigenvalue weighted by molar-refractivity contribution is 7.99. The lowest BCUT2D eigenvalue weighted by Gasteiger charge is -2.20. The van der Waals surface area contributed by atoms with E-state index in [0.29, 0.717) is 10.8 Å². The zero-order valence-corrected chi connectivity index (χ0v) is 10.8. The molecule has 0 spiro atoms. The molecule has 1 saturated carbocycles. The summed E-state index contributed by atoms with van der Waals surface area (Å²) in [5.41, 5.74) is 1.12. The maximum Gasteiger partial charge on any atom is 0.335 e. The van der Waals surface area contributed by atoms with Crippen LogP contribution in [0.5, 0.6) is 0 Å². The van der Waals surface area contributed by atoms with Crippen molar-refractivity contribution in [3.63, 3.8) is 0 Å². The van der Waals surface area contributed by atoms with Crippen molar-refractivity contribution in [2.24, 2.45) is 0 Å². The predicted molar refractivity (Wildman–Crippen MR) is 68.7 cm³/mol. The molecule has 0 atom stereocenters. The van der Waals surface area contributed by atoms with Gasteiger partial charge in [-0.2, -0.15) is 0 Å². The number of hydrogen-bond acceptors (Lipinski definition) is 3. The van der Waals surface area contributed by atoms with E-state index >= 15 is 0 Å². The van der Waals surface area contributed by atoms with Gasteiger partial charge in [-0.15, -0.1) is 11.8 Å². The molecule has 0 unspecified atom stereocenters. The van der Waals surface area contributed by atoms with Crippen LogP contribution in [0.2, 0.25) is 0 Å². The predicted octanol–water partition coefficient (Wildman–Crippen LogP) is 3.51. The lowest BCUT2D eigenvalue weighted by molar-refractivity contribution is 0.0696. The van der Waals surface area contributed by atoms with Crippen LogP contribution in [-0.2, 0) is 0 Å². The lowest BCUT2D eigenvalue weighted by Crippen LogP contribution is -2.08. The molecule has 0 bridgehead atoms. The van der Waals surface area contributed by atoms with Gasteiger partial charge in [0.05, 0.1) is 10.6 Å². The van der Waals surface area contributed by atoms with E-state index in [0.717, 1.165) is 10.7 Å². The van der Waals surface area contributed by atoms with E-state index in [1.54, 1.807) is 23.9 Å². The number of carboxylic acids is 1. The van der Waals surface area contributed by atoms with Crippen LogP contribution < -0.4 is 0 Å². The first kappa shape index (κ1) is 12.4. The maximum atomic E-state index is 11.0. The molecular formula is C13H17NO2S. The van der Waals surface area contributed by atoms with Gasteiger partial charge in [-0.3, -0.25) is 0 Å². The minimum atomic E-state index is -0.874. The largest absolute Gasteiger partial charge is 0.478 e. The Balaban J connectivity index is 2.11. The Kier molecular flexibility index (Phi) is 4.05. The molecule has 1 aromatic rings. The standard InChI is InChI=1S/C13H17NO2S/c1-9-7-10(13(15)16)8-12(14-9)17-11-5-3-2-4-6-11/h7-8,11H,2-6H2,1H3,(H,15,16). The fraction of sp³-hybridized carbons (Fsp3) is 0.538. The first-order chi connectivity index (χ1) is 8.15. The van der Waals surface area contributed by atoms with Gasteiger partial charge in [0.25, 0.3) is 0 Å².